The molecule has 0 radical (unpaired) electrons. The van der Waals surface area contributed by atoms with E-state index in [2.05, 4.69) is 37.8 Å². The van der Waals surface area contributed by atoms with E-state index in [4.69, 9.17) is 5.73 Å². The maximum atomic E-state index is 5.87. The Balaban J connectivity index is 2.24. The standard InChI is InChI=1S/C13H20N2/c1-10-6-11(14)8-12(7-10)15-5-4-13(2,3)9-15/h6-8H,4-5,9,14H2,1-3H3. The second kappa shape index (κ2) is 3.44. The predicted octanol–water partition coefficient (Wildman–Crippen LogP) is 2.81. The summed E-state index contributed by atoms with van der Waals surface area (Å²) in [6, 6.07) is 6.32. The molecule has 1 aromatic carbocycles. The maximum Gasteiger partial charge on any atom is 0.0389 e. The average molecular weight is 204 g/mol. The SMILES string of the molecule is Cc1cc(N)cc(N2CCC(C)(C)C2)c1. The Labute approximate surface area is 92.1 Å². The monoisotopic (exact) mass is 204 g/mol. The van der Waals surface area contributed by atoms with Crippen molar-refractivity contribution in [1.82, 2.24) is 0 Å². The van der Waals surface area contributed by atoms with Gasteiger partial charge in [-0.1, -0.05) is 13.8 Å². The molecule has 1 heterocycles. The van der Waals surface area contributed by atoms with E-state index in [0.717, 1.165) is 18.8 Å². The maximum absolute atomic E-state index is 5.87. The number of nitrogens with zero attached hydrogens (tertiary/aromatic N) is 1. The first-order valence-corrected chi connectivity index (χ1v) is 5.58. The highest BCUT2D eigenvalue weighted by Gasteiger charge is 2.29. The highest BCUT2D eigenvalue weighted by Crippen LogP contribution is 2.33. The predicted molar refractivity (Wildman–Crippen MR) is 66.2 cm³/mol. The lowest BCUT2D eigenvalue weighted by molar-refractivity contribution is 0.418. The van der Waals surface area contributed by atoms with Crippen molar-refractivity contribution in [3.8, 4) is 0 Å². The third-order valence-corrected chi connectivity index (χ3v) is 3.13. The summed E-state index contributed by atoms with van der Waals surface area (Å²) in [6.45, 7) is 9.03. The number of rotatable bonds is 1. The van der Waals surface area contributed by atoms with Gasteiger partial charge in [-0.25, -0.2) is 0 Å². The number of nitrogen functional groups attached to an aromatic ring is 1. The van der Waals surface area contributed by atoms with E-state index in [-0.39, 0.29) is 0 Å². The molecule has 0 amide bonds. The largest absolute Gasteiger partial charge is 0.399 e. The van der Waals surface area contributed by atoms with Crippen LogP contribution in [0.4, 0.5) is 11.4 Å². The lowest BCUT2D eigenvalue weighted by Crippen LogP contribution is -2.22. The normalized spacial score (nSPS) is 19.5. The first-order valence-electron chi connectivity index (χ1n) is 5.58. The van der Waals surface area contributed by atoms with Crippen molar-refractivity contribution in [2.24, 2.45) is 5.41 Å². The molecule has 0 aliphatic carbocycles. The minimum Gasteiger partial charge on any atom is -0.399 e. The minimum atomic E-state index is 0.443. The van der Waals surface area contributed by atoms with E-state index < -0.39 is 0 Å². The van der Waals surface area contributed by atoms with Gasteiger partial charge in [0.15, 0.2) is 0 Å². The summed E-state index contributed by atoms with van der Waals surface area (Å²) in [5, 5.41) is 0. The summed E-state index contributed by atoms with van der Waals surface area (Å²) in [5.41, 5.74) is 9.70. The fourth-order valence-corrected chi connectivity index (χ4v) is 2.31. The molecule has 1 saturated heterocycles. The third kappa shape index (κ3) is 2.25. The summed E-state index contributed by atoms with van der Waals surface area (Å²) < 4.78 is 0. The number of benzene rings is 1. The number of aryl methyl sites for hydroxylation is 1. The van der Waals surface area contributed by atoms with Gasteiger partial charge in [-0.15, -0.1) is 0 Å². The second-order valence-corrected chi connectivity index (χ2v) is 5.44. The third-order valence-electron chi connectivity index (χ3n) is 3.13. The summed E-state index contributed by atoms with van der Waals surface area (Å²) in [4.78, 5) is 2.43. The lowest BCUT2D eigenvalue weighted by Gasteiger charge is -2.22. The van der Waals surface area contributed by atoms with Gasteiger partial charge in [-0.05, 0) is 42.5 Å². The van der Waals surface area contributed by atoms with Gasteiger partial charge in [0.05, 0.1) is 0 Å². The summed E-state index contributed by atoms with van der Waals surface area (Å²) >= 11 is 0. The molecule has 2 N–H and O–H groups in total. The molecule has 2 heteroatoms. The minimum absolute atomic E-state index is 0.443. The molecule has 1 fully saturated rings. The number of hydrogen-bond donors (Lipinski definition) is 1. The van der Waals surface area contributed by atoms with Gasteiger partial charge in [-0.3, -0.25) is 0 Å². The molecule has 1 aliphatic heterocycles. The number of hydrogen-bond acceptors (Lipinski definition) is 2. The molecule has 15 heavy (non-hydrogen) atoms. The first kappa shape index (κ1) is 10.3. The van der Waals surface area contributed by atoms with Crippen LogP contribution in [0.15, 0.2) is 18.2 Å². The van der Waals surface area contributed by atoms with Crippen LogP contribution in [0.25, 0.3) is 0 Å². The molecule has 0 bridgehead atoms. The van der Waals surface area contributed by atoms with Crippen LogP contribution in [0.2, 0.25) is 0 Å². The molecule has 0 unspecified atom stereocenters. The second-order valence-electron chi connectivity index (χ2n) is 5.44. The van der Waals surface area contributed by atoms with Crippen LogP contribution in [-0.2, 0) is 0 Å². The number of anilines is 2. The molecular weight excluding hydrogens is 184 g/mol. The van der Waals surface area contributed by atoms with E-state index in [1.807, 2.05) is 6.07 Å². The number of nitrogens with two attached hydrogens (primary N) is 1. The van der Waals surface area contributed by atoms with Gasteiger partial charge in [0.1, 0.15) is 0 Å². The summed E-state index contributed by atoms with van der Waals surface area (Å²) in [7, 11) is 0. The van der Waals surface area contributed by atoms with Gasteiger partial charge in [-0.2, -0.15) is 0 Å². The molecule has 1 aliphatic rings. The summed E-state index contributed by atoms with van der Waals surface area (Å²) in [6.07, 6.45) is 1.26. The molecule has 0 spiro atoms. The van der Waals surface area contributed by atoms with Crippen LogP contribution in [0.3, 0.4) is 0 Å². The van der Waals surface area contributed by atoms with Crippen molar-refractivity contribution in [1.29, 1.82) is 0 Å². The van der Waals surface area contributed by atoms with Crippen molar-refractivity contribution in [3.63, 3.8) is 0 Å². The van der Waals surface area contributed by atoms with Crippen molar-refractivity contribution in [2.45, 2.75) is 27.2 Å². The molecule has 0 atom stereocenters. The molecule has 82 valence electrons. The van der Waals surface area contributed by atoms with Crippen molar-refractivity contribution in [2.75, 3.05) is 23.7 Å². The highest BCUT2D eigenvalue weighted by molar-refractivity contribution is 5.58. The quantitative estimate of drug-likeness (QED) is 0.713. The highest BCUT2D eigenvalue weighted by atomic mass is 15.2. The fraction of sp³-hybridized carbons (Fsp3) is 0.538. The Hall–Kier alpha value is -1.18. The van der Waals surface area contributed by atoms with Crippen LogP contribution in [0, 0.1) is 12.3 Å². The van der Waals surface area contributed by atoms with Crippen molar-refractivity contribution >= 4 is 11.4 Å². The molecule has 0 saturated carbocycles. The zero-order chi connectivity index (χ0) is 11.1. The van der Waals surface area contributed by atoms with E-state index in [1.165, 1.54) is 17.7 Å². The van der Waals surface area contributed by atoms with Gasteiger partial charge in [0.25, 0.3) is 0 Å². The smallest absolute Gasteiger partial charge is 0.0389 e. The summed E-state index contributed by atoms with van der Waals surface area (Å²) in [5.74, 6) is 0. The van der Waals surface area contributed by atoms with Crippen LogP contribution < -0.4 is 10.6 Å². The molecular formula is C13H20N2. The Morgan fingerprint density at radius 3 is 2.53 bits per heavy atom. The van der Waals surface area contributed by atoms with E-state index >= 15 is 0 Å². The van der Waals surface area contributed by atoms with Crippen LogP contribution in [0.5, 0.6) is 0 Å². The van der Waals surface area contributed by atoms with Crippen molar-refractivity contribution in [3.05, 3.63) is 23.8 Å². The lowest BCUT2D eigenvalue weighted by atomic mass is 9.93. The average Bonchev–Trinajstić information content (AvgIpc) is 2.44. The topological polar surface area (TPSA) is 29.3 Å². The van der Waals surface area contributed by atoms with E-state index in [1.54, 1.807) is 0 Å². The van der Waals surface area contributed by atoms with Gasteiger partial charge >= 0.3 is 0 Å². The van der Waals surface area contributed by atoms with Crippen LogP contribution in [-0.4, -0.2) is 13.1 Å². The van der Waals surface area contributed by atoms with E-state index in [0.29, 0.717) is 5.41 Å². The van der Waals surface area contributed by atoms with Gasteiger partial charge in [0.2, 0.25) is 0 Å². The van der Waals surface area contributed by atoms with E-state index in [9.17, 15) is 0 Å². The molecule has 1 aromatic rings. The fourth-order valence-electron chi connectivity index (χ4n) is 2.31. The Morgan fingerprint density at radius 1 is 1.27 bits per heavy atom. The molecule has 2 nitrogen and oxygen atoms in total. The zero-order valence-electron chi connectivity index (χ0n) is 9.88. The zero-order valence-corrected chi connectivity index (χ0v) is 9.88. The molecule has 2 rings (SSSR count). The van der Waals surface area contributed by atoms with Crippen LogP contribution >= 0.6 is 0 Å². The van der Waals surface area contributed by atoms with Crippen LogP contribution in [0.1, 0.15) is 25.8 Å². The molecule has 0 aromatic heterocycles. The Morgan fingerprint density at radius 2 is 2.00 bits per heavy atom. The van der Waals surface area contributed by atoms with Crippen molar-refractivity contribution < 1.29 is 0 Å². The Kier molecular flexibility index (Phi) is 2.37. The first-order chi connectivity index (χ1) is 6.96. The van der Waals surface area contributed by atoms with Gasteiger partial charge in [0, 0.05) is 24.5 Å². The Bertz CT molecular complexity index is 349. The van der Waals surface area contributed by atoms with Gasteiger partial charge < -0.3 is 10.6 Å².